The Bertz CT molecular complexity index is 721. The smallest absolute Gasteiger partial charge is 0.193 e. The van der Waals surface area contributed by atoms with Crippen molar-refractivity contribution < 1.29 is 4.43 Å². The first-order valence-corrected chi connectivity index (χ1v) is 12.1. The van der Waals surface area contributed by atoms with E-state index < -0.39 is 8.32 Å². The number of halogens is 1. The number of hydrogen-bond acceptors (Lipinski definition) is 2. The second kappa shape index (κ2) is 6.99. The highest BCUT2D eigenvalue weighted by molar-refractivity contribution is 7.19. The summed E-state index contributed by atoms with van der Waals surface area (Å²) in [5.41, 5.74) is 0. The van der Waals surface area contributed by atoms with Crippen LogP contribution in [0.25, 0.3) is 10.1 Å². The first kappa shape index (κ1) is 18.5. The molecule has 0 aliphatic heterocycles. The molecule has 0 radical (unpaired) electrons. The van der Waals surface area contributed by atoms with Crippen molar-refractivity contribution in [3.63, 3.8) is 0 Å². The zero-order valence-corrected chi connectivity index (χ0v) is 17.1. The van der Waals surface area contributed by atoms with Gasteiger partial charge in [0.2, 0.25) is 0 Å². The number of hydrogen-bond donors (Lipinski definition) is 0. The van der Waals surface area contributed by atoms with Gasteiger partial charge in [0.25, 0.3) is 0 Å². The van der Waals surface area contributed by atoms with Gasteiger partial charge in [-0.2, -0.15) is 0 Å². The Morgan fingerprint density at radius 1 is 1.30 bits per heavy atom. The van der Waals surface area contributed by atoms with Crippen molar-refractivity contribution >= 4 is 41.3 Å². The highest BCUT2D eigenvalue weighted by Gasteiger charge is 2.38. The lowest BCUT2D eigenvalue weighted by molar-refractivity contribution is 0.224. The van der Waals surface area contributed by atoms with Gasteiger partial charge in [-0.3, -0.25) is 0 Å². The molecular weight excluding hydrogens is 340 g/mol. The standard InChI is InChI=1S/C19H25ClOSSi/c1-7-14(21-23(5,6)19(2,3)4)12-13-17-18(20)15-10-8-9-11-16(15)22-17/h1,8-11,14H,12-13H2,2-6H3/t14-/m1/s1. The molecule has 2 rings (SSSR count). The third kappa shape index (κ3) is 4.19. The summed E-state index contributed by atoms with van der Waals surface area (Å²) in [7, 11) is -1.84. The Morgan fingerprint density at radius 2 is 1.96 bits per heavy atom. The van der Waals surface area contributed by atoms with Gasteiger partial charge in [-0.1, -0.05) is 56.5 Å². The number of terminal acetylenes is 1. The summed E-state index contributed by atoms with van der Waals surface area (Å²) >= 11 is 8.27. The summed E-state index contributed by atoms with van der Waals surface area (Å²) < 4.78 is 7.58. The number of benzene rings is 1. The maximum Gasteiger partial charge on any atom is 0.193 e. The van der Waals surface area contributed by atoms with Crippen molar-refractivity contribution in [1.29, 1.82) is 0 Å². The lowest BCUT2D eigenvalue weighted by Crippen LogP contribution is -2.43. The first-order valence-electron chi connectivity index (χ1n) is 7.95. The predicted molar refractivity (Wildman–Crippen MR) is 106 cm³/mol. The van der Waals surface area contributed by atoms with Gasteiger partial charge in [-0.15, -0.1) is 17.8 Å². The topological polar surface area (TPSA) is 9.23 Å². The van der Waals surface area contributed by atoms with Crippen LogP contribution >= 0.6 is 22.9 Å². The molecule has 1 atom stereocenters. The van der Waals surface area contributed by atoms with Crippen molar-refractivity contribution in [1.82, 2.24) is 0 Å². The maximum absolute atomic E-state index is 6.52. The lowest BCUT2D eigenvalue weighted by Gasteiger charge is -2.38. The summed E-state index contributed by atoms with van der Waals surface area (Å²) in [6.45, 7) is 11.2. The summed E-state index contributed by atoms with van der Waals surface area (Å²) in [6.07, 6.45) is 7.25. The molecular formula is C19H25ClOSSi. The largest absolute Gasteiger partial charge is 0.403 e. The number of rotatable bonds is 5. The molecule has 0 saturated carbocycles. The fourth-order valence-electron chi connectivity index (χ4n) is 2.20. The molecule has 124 valence electrons. The zero-order valence-electron chi connectivity index (χ0n) is 14.6. The molecule has 0 aliphatic carbocycles. The van der Waals surface area contributed by atoms with Crippen LogP contribution in [0.15, 0.2) is 24.3 Å². The van der Waals surface area contributed by atoms with Gasteiger partial charge in [-0.05, 0) is 37.0 Å². The number of aryl methyl sites for hydroxylation is 1. The Kier molecular flexibility index (Phi) is 5.63. The van der Waals surface area contributed by atoms with Crippen molar-refractivity contribution in [2.24, 2.45) is 0 Å². The SMILES string of the molecule is C#C[C@H](CCc1sc2ccccc2c1Cl)O[Si](C)(C)C(C)(C)C. The van der Waals surface area contributed by atoms with E-state index in [0.29, 0.717) is 0 Å². The van der Waals surface area contributed by atoms with Crippen molar-refractivity contribution in [2.45, 2.75) is 57.8 Å². The monoisotopic (exact) mass is 364 g/mol. The predicted octanol–water partition coefficient (Wildman–Crippen LogP) is 6.51. The van der Waals surface area contributed by atoms with E-state index in [1.54, 1.807) is 11.3 Å². The highest BCUT2D eigenvalue weighted by Crippen LogP contribution is 2.39. The van der Waals surface area contributed by atoms with E-state index in [9.17, 15) is 0 Å². The second-order valence-electron chi connectivity index (χ2n) is 7.41. The van der Waals surface area contributed by atoms with E-state index in [4.69, 9.17) is 22.5 Å². The molecule has 0 aliphatic rings. The van der Waals surface area contributed by atoms with Crippen LogP contribution in [-0.2, 0) is 10.8 Å². The molecule has 0 N–H and O–H groups in total. The quantitative estimate of drug-likeness (QED) is 0.434. The molecule has 0 amide bonds. The van der Waals surface area contributed by atoms with Gasteiger partial charge >= 0.3 is 0 Å². The summed E-state index contributed by atoms with van der Waals surface area (Å²) in [5.74, 6) is 2.83. The third-order valence-electron chi connectivity index (χ3n) is 4.66. The van der Waals surface area contributed by atoms with E-state index >= 15 is 0 Å². The fourth-order valence-corrected chi connectivity index (χ4v) is 4.99. The highest BCUT2D eigenvalue weighted by atomic mass is 35.5. The first-order chi connectivity index (χ1) is 10.7. The zero-order chi connectivity index (χ0) is 17.3. The normalized spacial score (nSPS) is 14.0. The molecule has 1 nitrogen and oxygen atoms in total. The minimum Gasteiger partial charge on any atom is -0.403 e. The van der Waals surface area contributed by atoms with Crippen LogP contribution in [0.4, 0.5) is 0 Å². The van der Waals surface area contributed by atoms with Crippen LogP contribution < -0.4 is 0 Å². The molecule has 1 aromatic carbocycles. The minimum atomic E-state index is -1.84. The minimum absolute atomic E-state index is 0.142. The van der Waals surface area contributed by atoms with Crippen molar-refractivity contribution in [2.75, 3.05) is 0 Å². The Hall–Kier alpha value is -0.793. The maximum atomic E-state index is 6.52. The summed E-state index contributed by atoms with van der Waals surface area (Å²) in [5, 5.41) is 2.17. The van der Waals surface area contributed by atoms with Gasteiger partial charge < -0.3 is 4.43 Å². The lowest BCUT2D eigenvalue weighted by atomic mass is 10.1. The molecule has 0 bridgehead atoms. The molecule has 1 aromatic heterocycles. The molecule has 0 fully saturated rings. The Labute approximate surface area is 150 Å². The molecule has 23 heavy (non-hydrogen) atoms. The van der Waals surface area contributed by atoms with E-state index in [-0.39, 0.29) is 11.1 Å². The molecule has 0 spiro atoms. The van der Waals surface area contributed by atoms with Crippen molar-refractivity contribution in [3.8, 4) is 12.3 Å². The van der Waals surface area contributed by atoms with E-state index in [1.807, 2.05) is 12.1 Å². The van der Waals surface area contributed by atoms with Gasteiger partial charge in [0.1, 0.15) is 6.10 Å². The van der Waals surface area contributed by atoms with Gasteiger partial charge in [0.05, 0.1) is 5.02 Å². The Balaban J connectivity index is 2.08. The summed E-state index contributed by atoms with van der Waals surface area (Å²) in [4.78, 5) is 1.20. The van der Waals surface area contributed by atoms with Crippen LogP contribution in [0.3, 0.4) is 0 Å². The summed E-state index contributed by atoms with van der Waals surface area (Å²) in [6, 6.07) is 8.25. The fraction of sp³-hybridized carbons (Fsp3) is 0.474. The van der Waals surface area contributed by atoms with Crippen LogP contribution in [0.5, 0.6) is 0 Å². The van der Waals surface area contributed by atoms with Gasteiger partial charge in [0.15, 0.2) is 8.32 Å². The van der Waals surface area contributed by atoms with E-state index in [0.717, 1.165) is 23.3 Å². The average molecular weight is 365 g/mol. The molecule has 2 aromatic rings. The Morgan fingerprint density at radius 3 is 2.52 bits per heavy atom. The number of thiophene rings is 1. The van der Waals surface area contributed by atoms with Crippen LogP contribution in [0.1, 0.15) is 32.1 Å². The third-order valence-corrected chi connectivity index (χ3v) is 10.9. The van der Waals surface area contributed by atoms with Crippen LogP contribution in [0.2, 0.25) is 23.2 Å². The van der Waals surface area contributed by atoms with Crippen LogP contribution in [-0.4, -0.2) is 14.4 Å². The molecule has 0 unspecified atom stereocenters. The number of fused-ring (bicyclic) bond motifs is 1. The van der Waals surface area contributed by atoms with E-state index in [1.165, 1.54) is 9.58 Å². The van der Waals surface area contributed by atoms with Gasteiger partial charge in [-0.25, -0.2) is 0 Å². The van der Waals surface area contributed by atoms with Crippen LogP contribution in [0, 0.1) is 12.3 Å². The average Bonchev–Trinajstić information content (AvgIpc) is 2.79. The van der Waals surface area contributed by atoms with Gasteiger partial charge in [0, 0.05) is 15.0 Å². The van der Waals surface area contributed by atoms with Crippen molar-refractivity contribution in [3.05, 3.63) is 34.2 Å². The molecule has 0 saturated heterocycles. The van der Waals surface area contributed by atoms with E-state index in [2.05, 4.69) is 51.9 Å². The molecule has 1 heterocycles. The second-order valence-corrected chi connectivity index (χ2v) is 13.7. The molecule has 4 heteroatoms.